The van der Waals surface area contributed by atoms with E-state index in [0.717, 1.165) is 56.7 Å². The number of hydrogen-bond acceptors (Lipinski definition) is 8. The van der Waals surface area contributed by atoms with Crippen molar-refractivity contribution in [2.75, 3.05) is 49.6 Å². The van der Waals surface area contributed by atoms with E-state index in [-0.39, 0.29) is 0 Å². The fourth-order valence-electron chi connectivity index (χ4n) is 3.76. The number of hydrogen-bond donors (Lipinski definition) is 1. The lowest BCUT2D eigenvalue weighted by Crippen LogP contribution is -2.62. The lowest BCUT2D eigenvalue weighted by atomic mass is 10.1. The molecule has 0 saturated carbocycles. The zero-order valence-corrected chi connectivity index (χ0v) is 16.4. The average molecular weight is 392 g/mol. The monoisotopic (exact) mass is 392 g/mol. The van der Waals surface area contributed by atoms with Gasteiger partial charge in [0, 0.05) is 38.4 Å². The summed E-state index contributed by atoms with van der Waals surface area (Å²) in [6.07, 6.45) is 5.14. The zero-order valence-electron chi connectivity index (χ0n) is 16.4. The van der Waals surface area contributed by atoms with Crippen LogP contribution in [0.2, 0.25) is 0 Å². The van der Waals surface area contributed by atoms with Crippen LogP contribution in [0.1, 0.15) is 5.56 Å². The second kappa shape index (κ2) is 7.76. The standard InChI is InChI=1S/C20H24N8O/c1-15-4-5-18(24-20-22-14-28(25-20)16-3-2-6-21-11-16)23-19(15)27-12-17(13-27)26-7-9-29-10-8-26/h2-6,11,14,17H,7-10,12-13H2,1H3,(H,23,24,25). The molecule has 5 heterocycles. The first-order valence-corrected chi connectivity index (χ1v) is 9.90. The molecule has 5 rings (SSSR count). The topological polar surface area (TPSA) is 84.2 Å². The Kier molecular flexibility index (Phi) is 4.82. The van der Waals surface area contributed by atoms with Crippen LogP contribution in [-0.4, -0.2) is 75.1 Å². The molecule has 9 nitrogen and oxygen atoms in total. The van der Waals surface area contributed by atoms with Crippen molar-refractivity contribution in [1.29, 1.82) is 0 Å². The Balaban J connectivity index is 1.26. The van der Waals surface area contributed by atoms with Gasteiger partial charge in [-0.2, -0.15) is 4.98 Å². The minimum absolute atomic E-state index is 0.506. The van der Waals surface area contributed by atoms with E-state index in [1.807, 2.05) is 18.2 Å². The molecule has 0 aromatic carbocycles. The molecular weight excluding hydrogens is 368 g/mol. The summed E-state index contributed by atoms with van der Waals surface area (Å²) in [6.45, 7) is 7.84. The number of nitrogens with one attached hydrogen (secondary N) is 1. The highest BCUT2D eigenvalue weighted by atomic mass is 16.5. The van der Waals surface area contributed by atoms with Gasteiger partial charge in [-0.15, -0.1) is 5.10 Å². The molecule has 0 amide bonds. The van der Waals surface area contributed by atoms with E-state index in [9.17, 15) is 0 Å². The fraction of sp³-hybridized carbons (Fsp3) is 0.400. The maximum Gasteiger partial charge on any atom is 0.248 e. The molecular formula is C20H24N8O. The highest BCUT2D eigenvalue weighted by Gasteiger charge is 2.34. The van der Waals surface area contributed by atoms with E-state index in [1.54, 1.807) is 23.4 Å². The molecule has 0 bridgehead atoms. The van der Waals surface area contributed by atoms with Gasteiger partial charge < -0.3 is 15.0 Å². The number of morpholine rings is 1. The number of aryl methyl sites for hydroxylation is 1. The van der Waals surface area contributed by atoms with Crippen LogP contribution in [0.3, 0.4) is 0 Å². The fourth-order valence-corrected chi connectivity index (χ4v) is 3.76. The predicted molar refractivity (Wildman–Crippen MR) is 110 cm³/mol. The van der Waals surface area contributed by atoms with Gasteiger partial charge in [-0.1, -0.05) is 6.07 Å². The molecule has 0 unspecified atom stereocenters. The molecule has 2 fully saturated rings. The van der Waals surface area contributed by atoms with E-state index in [4.69, 9.17) is 9.72 Å². The van der Waals surface area contributed by atoms with E-state index in [2.05, 4.69) is 43.2 Å². The maximum atomic E-state index is 5.46. The van der Waals surface area contributed by atoms with Gasteiger partial charge in [0.1, 0.15) is 18.0 Å². The van der Waals surface area contributed by atoms with Crippen molar-refractivity contribution in [3.05, 3.63) is 48.5 Å². The number of rotatable bonds is 5. The van der Waals surface area contributed by atoms with E-state index >= 15 is 0 Å². The minimum Gasteiger partial charge on any atom is -0.379 e. The molecule has 0 atom stereocenters. The highest BCUT2D eigenvalue weighted by molar-refractivity contribution is 5.57. The lowest BCUT2D eigenvalue weighted by Gasteiger charge is -2.47. The first kappa shape index (κ1) is 18.0. The van der Waals surface area contributed by atoms with Crippen molar-refractivity contribution in [2.45, 2.75) is 13.0 Å². The van der Waals surface area contributed by atoms with Crippen LogP contribution in [0, 0.1) is 6.92 Å². The smallest absolute Gasteiger partial charge is 0.248 e. The lowest BCUT2D eigenvalue weighted by molar-refractivity contribution is 0.0104. The molecule has 1 N–H and O–H groups in total. The third kappa shape index (κ3) is 3.79. The van der Waals surface area contributed by atoms with Crippen LogP contribution in [0.4, 0.5) is 17.6 Å². The first-order valence-electron chi connectivity index (χ1n) is 9.90. The molecule has 3 aromatic heterocycles. The van der Waals surface area contributed by atoms with Crippen molar-refractivity contribution >= 4 is 17.6 Å². The maximum absolute atomic E-state index is 5.46. The van der Waals surface area contributed by atoms with Gasteiger partial charge in [0.2, 0.25) is 5.95 Å². The van der Waals surface area contributed by atoms with Crippen LogP contribution in [-0.2, 0) is 4.74 Å². The van der Waals surface area contributed by atoms with Crippen LogP contribution >= 0.6 is 0 Å². The van der Waals surface area contributed by atoms with Gasteiger partial charge in [0.15, 0.2) is 0 Å². The van der Waals surface area contributed by atoms with Crippen LogP contribution in [0.15, 0.2) is 43.0 Å². The Bertz CT molecular complexity index is 964. The molecule has 0 radical (unpaired) electrons. The van der Waals surface area contributed by atoms with Crippen LogP contribution in [0.25, 0.3) is 5.69 Å². The molecule has 29 heavy (non-hydrogen) atoms. The number of aromatic nitrogens is 5. The summed E-state index contributed by atoms with van der Waals surface area (Å²) in [7, 11) is 0. The van der Waals surface area contributed by atoms with E-state index in [0.29, 0.717) is 12.0 Å². The van der Waals surface area contributed by atoms with Gasteiger partial charge >= 0.3 is 0 Å². The van der Waals surface area contributed by atoms with Crippen LogP contribution in [0.5, 0.6) is 0 Å². The largest absolute Gasteiger partial charge is 0.379 e. The number of nitrogens with zero attached hydrogens (tertiary/aromatic N) is 7. The molecule has 150 valence electrons. The summed E-state index contributed by atoms with van der Waals surface area (Å²) in [4.78, 5) is 18.1. The summed E-state index contributed by atoms with van der Waals surface area (Å²) in [5.41, 5.74) is 2.03. The number of ether oxygens (including phenoxy) is 1. The average Bonchev–Trinajstić information content (AvgIpc) is 3.19. The van der Waals surface area contributed by atoms with Gasteiger partial charge in [-0.25, -0.2) is 9.67 Å². The van der Waals surface area contributed by atoms with Gasteiger partial charge in [0.25, 0.3) is 0 Å². The Morgan fingerprint density at radius 1 is 1.14 bits per heavy atom. The quantitative estimate of drug-likeness (QED) is 0.701. The Hall–Kier alpha value is -3.04. The third-order valence-corrected chi connectivity index (χ3v) is 5.44. The molecule has 0 spiro atoms. The van der Waals surface area contributed by atoms with Crippen molar-refractivity contribution in [3.63, 3.8) is 0 Å². The highest BCUT2D eigenvalue weighted by Crippen LogP contribution is 2.27. The molecule has 2 aliphatic rings. The zero-order chi connectivity index (χ0) is 19.6. The molecule has 9 heteroatoms. The number of anilines is 3. The summed E-state index contributed by atoms with van der Waals surface area (Å²) in [5.74, 6) is 2.27. The molecule has 2 aliphatic heterocycles. The van der Waals surface area contributed by atoms with Gasteiger partial charge in [-0.05, 0) is 30.7 Å². The summed E-state index contributed by atoms with van der Waals surface area (Å²) in [6, 6.07) is 8.44. The summed E-state index contributed by atoms with van der Waals surface area (Å²) < 4.78 is 7.15. The SMILES string of the molecule is Cc1ccc(Nc2ncn(-c3cccnc3)n2)nc1N1CC(N2CCOCC2)C1. The van der Waals surface area contributed by atoms with Crippen molar-refractivity contribution < 1.29 is 4.74 Å². The van der Waals surface area contributed by atoms with E-state index < -0.39 is 0 Å². The minimum atomic E-state index is 0.506. The van der Waals surface area contributed by atoms with Crippen molar-refractivity contribution in [2.24, 2.45) is 0 Å². The summed E-state index contributed by atoms with van der Waals surface area (Å²) in [5, 5.41) is 7.67. The van der Waals surface area contributed by atoms with Gasteiger partial charge in [0.05, 0.1) is 25.1 Å². The van der Waals surface area contributed by atoms with Crippen molar-refractivity contribution in [1.82, 2.24) is 29.6 Å². The van der Waals surface area contributed by atoms with Gasteiger partial charge in [-0.3, -0.25) is 9.88 Å². The molecule has 3 aromatic rings. The second-order valence-electron chi connectivity index (χ2n) is 7.39. The van der Waals surface area contributed by atoms with Crippen LogP contribution < -0.4 is 10.2 Å². The normalized spacial score (nSPS) is 17.9. The Labute approximate surface area is 169 Å². The third-order valence-electron chi connectivity index (χ3n) is 5.44. The van der Waals surface area contributed by atoms with Crippen molar-refractivity contribution in [3.8, 4) is 5.69 Å². The summed E-state index contributed by atoms with van der Waals surface area (Å²) >= 11 is 0. The molecule has 0 aliphatic carbocycles. The Morgan fingerprint density at radius 3 is 2.79 bits per heavy atom. The predicted octanol–water partition coefficient (Wildman–Crippen LogP) is 1.63. The number of pyridine rings is 2. The first-order chi connectivity index (χ1) is 14.3. The second-order valence-corrected chi connectivity index (χ2v) is 7.39. The van der Waals surface area contributed by atoms with E-state index in [1.165, 1.54) is 5.56 Å². The molecule has 2 saturated heterocycles. The Morgan fingerprint density at radius 2 is 2.00 bits per heavy atom.